The molecule has 1 rings (SSSR count). The highest BCUT2D eigenvalue weighted by atomic mass is 16.2. The molecule has 0 atom stereocenters. The number of hydrogen-bond acceptors (Lipinski definition) is 1. The highest BCUT2D eigenvalue weighted by Gasteiger charge is 2.21. The molecule has 1 fully saturated rings. The van der Waals surface area contributed by atoms with Crippen LogP contribution in [0.25, 0.3) is 0 Å². The summed E-state index contributed by atoms with van der Waals surface area (Å²) in [6.07, 6.45) is 6.79. The third kappa shape index (κ3) is 3.32. The van der Waals surface area contributed by atoms with Gasteiger partial charge in [-0.25, -0.2) is 0 Å². The lowest BCUT2D eigenvalue weighted by atomic mass is 9.92. The molecule has 0 bridgehead atoms. The summed E-state index contributed by atoms with van der Waals surface area (Å²) in [5, 5.41) is 0. The number of likely N-dealkylation sites (tertiary alicyclic amines) is 1. The van der Waals surface area contributed by atoms with E-state index < -0.39 is 0 Å². The zero-order valence-corrected chi connectivity index (χ0v) is 9.59. The summed E-state index contributed by atoms with van der Waals surface area (Å²) in [4.78, 5) is 13.6. The number of carbonyl (C=O) groups excluding carboxylic acids is 1. The molecule has 1 aliphatic heterocycles. The van der Waals surface area contributed by atoms with E-state index in [-0.39, 0.29) is 0 Å². The molecule has 0 aliphatic carbocycles. The van der Waals surface area contributed by atoms with Crippen LogP contribution >= 0.6 is 0 Å². The lowest BCUT2D eigenvalue weighted by Gasteiger charge is -2.31. The van der Waals surface area contributed by atoms with E-state index in [1.54, 1.807) is 0 Å². The van der Waals surface area contributed by atoms with Crippen molar-refractivity contribution in [3.05, 3.63) is 0 Å². The second kappa shape index (κ2) is 6.05. The Labute approximate surface area is 87.7 Å². The third-order valence-electron chi connectivity index (χ3n) is 3.13. The molecule has 82 valence electrons. The normalized spacial score (nSPS) is 18.6. The Morgan fingerprint density at radius 2 is 1.86 bits per heavy atom. The number of amides is 1. The van der Waals surface area contributed by atoms with Gasteiger partial charge in [-0.2, -0.15) is 0 Å². The number of carbonyl (C=O) groups is 1. The number of piperidine rings is 1. The van der Waals surface area contributed by atoms with Gasteiger partial charge in [0.2, 0.25) is 5.91 Å². The molecule has 0 unspecified atom stereocenters. The molecule has 2 nitrogen and oxygen atoms in total. The van der Waals surface area contributed by atoms with E-state index in [1.165, 1.54) is 25.7 Å². The standard InChI is InChI=1S/C12H23NO/c1-3-5-11-7-9-13(10-8-11)12(14)6-4-2/h11H,3-10H2,1-2H3. The summed E-state index contributed by atoms with van der Waals surface area (Å²) in [6.45, 7) is 6.32. The van der Waals surface area contributed by atoms with Crippen LogP contribution in [0.3, 0.4) is 0 Å². The summed E-state index contributed by atoms with van der Waals surface area (Å²) in [7, 11) is 0. The highest BCUT2D eigenvalue weighted by molar-refractivity contribution is 5.76. The predicted molar refractivity (Wildman–Crippen MR) is 59.1 cm³/mol. The Kier molecular flexibility index (Phi) is 4.99. The second-order valence-corrected chi connectivity index (χ2v) is 4.36. The molecular formula is C12H23NO. The molecule has 14 heavy (non-hydrogen) atoms. The Bertz CT molecular complexity index is 171. The van der Waals surface area contributed by atoms with Crippen LogP contribution in [0, 0.1) is 5.92 Å². The lowest BCUT2D eigenvalue weighted by Crippen LogP contribution is -2.38. The first kappa shape index (κ1) is 11.5. The Morgan fingerprint density at radius 3 is 2.36 bits per heavy atom. The molecule has 1 aliphatic rings. The van der Waals surface area contributed by atoms with Gasteiger partial charge < -0.3 is 4.90 Å². The zero-order chi connectivity index (χ0) is 10.4. The van der Waals surface area contributed by atoms with E-state index in [0.717, 1.165) is 31.8 Å². The van der Waals surface area contributed by atoms with E-state index in [2.05, 4.69) is 18.7 Å². The van der Waals surface area contributed by atoms with Crippen molar-refractivity contribution in [3.8, 4) is 0 Å². The van der Waals surface area contributed by atoms with E-state index in [1.807, 2.05) is 0 Å². The van der Waals surface area contributed by atoms with Gasteiger partial charge in [0.05, 0.1) is 0 Å². The summed E-state index contributed by atoms with van der Waals surface area (Å²) in [6, 6.07) is 0. The maximum absolute atomic E-state index is 11.6. The Hall–Kier alpha value is -0.530. The van der Waals surface area contributed by atoms with Gasteiger partial charge in [-0.15, -0.1) is 0 Å². The van der Waals surface area contributed by atoms with Crippen LogP contribution in [0.1, 0.15) is 52.4 Å². The van der Waals surface area contributed by atoms with Crippen LogP contribution in [0.15, 0.2) is 0 Å². The van der Waals surface area contributed by atoms with Gasteiger partial charge in [0.25, 0.3) is 0 Å². The number of rotatable bonds is 4. The van der Waals surface area contributed by atoms with Gasteiger partial charge >= 0.3 is 0 Å². The first-order valence-electron chi connectivity index (χ1n) is 6.05. The molecule has 0 radical (unpaired) electrons. The van der Waals surface area contributed by atoms with Gasteiger partial charge in [0, 0.05) is 19.5 Å². The van der Waals surface area contributed by atoms with E-state index in [0.29, 0.717) is 5.91 Å². The van der Waals surface area contributed by atoms with Crippen molar-refractivity contribution < 1.29 is 4.79 Å². The fourth-order valence-corrected chi connectivity index (χ4v) is 2.25. The summed E-state index contributed by atoms with van der Waals surface area (Å²) in [5.74, 6) is 1.24. The summed E-state index contributed by atoms with van der Waals surface area (Å²) >= 11 is 0. The summed E-state index contributed by atoms with van der Waals surface area (Å²) in [5.41, 5.74) is 0. The van der Waals surface area contributed by atoms with Crippen molar-refractivity contribution in [2.75, 3.05) is 13.1 Å². The fraction of sp³-hybridized carbons (Fsp3) is 0.917. The van der Waals surface area contributed by atoms with Crippen LogP contribution < -0.4 is 0 Å². The van der Waals surface area contributed by atoms with Crippen molar-refractivity contribution in [1.29, 1.82) is 0 Å². The third-order valence-corrected chi connectivity index (χ3v) is 3.13. The van der Waals surface area contributed by atoms with Crippen LogP contribution in [-0.4, -0.2) is 23.9 Å². The zero-order valence-electron chi connectivity index (χ0n) is 9.59. The molecule has 1 saturated heterocycles. The second-order valence-electron chi connectivity index (χ2n) is 4.36. The molecular weight excluding hydrogens is 174 g/mol. The van der Waals surface area contributed by atoms with Crippen molar-refractivity contribution in [3.63, 3.8) is 0 Å². The summed E-state index contributed by atoms with van der Waals surface area (Å²) < 4.78 is 0. The van der Waals surface area contributed by atoms with E-state index in [4.69, 9.17) is 0 Å². The van der Waals surface area contributed by atoms with Gasteiger partial charge in [0.1, 0.15) is 0 Å². The fourth-order valence-electron chi connectivity index (χ4n) is 2.25. The molecule has 0 N–H and O–H groups in total. The van der Waals surface area contributed by atoms with Crippen molar-refractivity contribution >= 4 is 5.91 Å². The largest absolute Gasteiger partial charge is 0.343 e. The van der Waals surface area contributed by atoms with Gasteiger partial charge in [-0.3, -0.25) is 4.79 Å². The van der Waals surface area contributed by atoms with Gasteiger partial charge in [-0.05, 0) is 25.2 Å². The predicted octanol–water partition coefficient (Wildman–Crippen LogP) is 2.83. The smallest absolute Gasteiger partial charge is 0.222 e. The molecule has 0 aromatic heterocycles. The lowest BCUT2D eigenvalue weighted by molar-refractivity contribution is -0.132. The van der Waals surface area contributed by atoms with Crippen LogP contribution in [-0.2, 0) is 4.79 Å². The van der Waals surface area contributed by atoms with Crippen molar-refractivity contribution in [1.82, 2.24) is 4.90 Å². The molecule has 0 aromatic carbocycles. The average molecular weight is 197 g/mol. The van der Waals surface area contributed by atoms with Crippen molar-refractivity contribution in [2.24, 2.45) is 5.92 Å². The minimum absolute atomic E-state index is 0.363. The van der Waals surface area contributed by atoms with Gasteiger partial charge in [0.15, 0.2) is 0 Å². The topological polar surface area (TPSA) is 20.3 Å². The number of nitrogens with zero attached hydrogens (tertiary/aromatic N) is 1. The first-order valence-corrected chi connectivity index (χ1v) is 6.05. The van der Waals surface area contributed by atoms with Crippen LogP contribution in [0.2, 0.25) is 0 Å². The molecule has 0 spiro atoms. The average Bonchev–Trinajstić information content (AvgIpc) is 2.20. The minimum atomic E-state index is 0.363. The van der Waals surface area contributed by atoms with Gasteiger partial charge in [-0.1, -0.05) is 26.7 Å². The maximum Gasteiger partial charge on any atom is 0.222 e. The molecule has 0 saturated carbocycles. The Morgan fingerprint density at radius 1 is 1.21 bits per heavy atom. The molecule has 1 amide bonds. The van der Waals surface area contributed by atoms with Crippen molar-refractivity contribution in [2.45, 2.75) is 52.4 Å². The monoisotopic (exact) mass is 197 g/mol. The number of hydrogen-bond donors (Lipinski definition) is 0. The SMILES string of the molecule is CCCC(=O)N1CCC(CCC)CC1. The van der Waals surface area contributed by atoms with E-state index >= 15 is 0 Å². The van der Waals surface area contributed by atoms with E-state index in [9.17, 15) is 4.79 Å². The van der Waals surface area contributed by atoms with Crippen LogP contribution in [0.5, 0.6) is 0 Å². The maximum atomic E-state index is 11.6. The quantitative estimate of drug-likeness (QED) is 0.678. The minimum Gasteiger partial charge on any atom is -0.343 e. The Balaban J connectivity index is 2.24. The first-order chi connectivity index (χ1) is 6.77. The van der Waals surface area contributed by atoms with Crippen LogP contribution in [0.4, 0.5) is 0 Å². The molecule has 0 aromatic rings. The molecule has 1 heterocycles. The molecule has 2 heteroatoms. The highest BCUT2D eigenvalue weighted by Crippen LogP contribution is 2.22.